The average molecular weight is 1080 g/mol. The van der Waals surface area contributed by atoms with Crippen LogP contribution in [0.2, 0.25) is 0 Å². The number of carbonyl (C=O) groups is 4. The number of hydrogen-bond donors (Lipinski definition) is 0. The lowest BCUT2D eigenvalue weighted by molar-refractivity contribution is -0.125. The van der Waals surface area contributed by atoms with Crippen molar-refractivity contribution in [2.75, 3.05) is 49.1 Å². The van der Waals surface area contributed by atoms with Crippen molar-refractivity contribution in [1.29, 1.82) is 10.5 Å². The zero-order valence-corrected chi connectivity index (χ0v) is 47.0. The highest BCUT2D eigenvalue weighted by Crippen LogP contribution is 2.58. The van der Waals surface area contributed by atoms with Gasteiger partial charge in [-0.05, 0) is 129 Å². The van der Waals surface area contributed by atoms with E-state index in [1.807, 2.05) is 102 Å². The van der Waals surface area contributed by atoms with Crippen LogP contribution in [-0.4, -0.2) is 123 Å². The normalized spacial score (nSPS) is 26.9. The Balaban J connectivity index is 0.000000151. The van der Waals surface area contributed by atoms with Crippen molar-refractivity contribution in [3.8, 4) is 34.4 Å². The third kappa shape index (κ3) is 8.40. The van der Waals surface area contributed by atoms with Crippen LogP contribution in [0, 0.1) is 68.0 Å². The molecule has 6 aromatic rings. The van der Waals surface area contributed by atoms with E-state index >= 15 is 0 Å². The fourth-order valence-electron chi connectivity index (χ4n) is 14.4. The zero-order chi connectivity index (χ0) is 56.1. The minimum absolute atomic E-state index is 0.0176. The SMILES string of the molecule is C[C@@H]1CN(c2ccnn3cc(-c4cnn(C5CC6(C5)CN(C(=O)OC(C)(C)C)C6)c4)cc23)C(=O)[C@]1(C#N)C1CC1.C[C@@H]1CN(c2ccnn3cc(-c4cnn(C5CC6(C5)CN(C(=O)OC(C)(C)C)C6)c4)cc23)C(=O)[C@]1(C#N)C1CC1. The van der Waals surface area contributed by atoms with Crippen LogP contribution in [0.15, 0.2) is 73.8 Å². The minimum atomic E-state index is -0.915. The fraction of sp³-hybridized carbons (Fsp3) is 0.567. The second-order valence-corrected chi connectivity index (χ2v) is 26.9. The number of rotatable bonds is 8. The van der Waals surface area contributed by atoms with Crippen LogP contribution in [-0.2, 0) is 19.1 Å². The molecule has 0 N–H and O–H groups in total. The number of nitrogens with zero attached hydrogens (tertiary/aromatic N) is 14. The Kier molecular flexibility index (Phi) is 11.6. The van der Waals surface area contributed by atoms with Crippen molar-refractivity contribution in [2.45, 2.75) is 130 Å². The highest BCUT2D eigenvalue weighted by Gasteiger charge is 2.63. The summed E-state index contributed by atoms with van der Waals surface area (Å²) in [5.41, 5.74) is 4.79. The number of carbonyl (C=O) groups excluding carboxylic acids is 4. The number of amides is 4. The van der Waals surface area contributed by atoms with Gasteiger partial charge in [0.1, 0.15) is 22.0 Å². The first-order valence-corrected chi connectivity index (χ1v) is 28.5. The predicted octanol–water partition coefficient (Wildman–Crippen LogP) is 9.34. The van der Waals surface area contributed by atoms with Crippen LogP contribution in [0.4, 0.5) is 21.0 Å². The maximum Gasteiger partial charge on any atom is 0.410 e. The number of hydrogen-bond acceptors (Lipinski definition) is 12. The second kappa shape index (κ2) is 17.9. The van der Waals surface area contributed by atoms with Gasteiger partial charge in [-0.15, -0.1) is 0 Å². The van der Waals surface area contributed by atoms with Gasteiger partial charge in [-0.1, -0.05) is 13.8 Å². The molecule has 80 heavy (non-hydrogen) atoms. The van der Waals surface area contributed by atoms with E-state index in [0.717, 1.165) is 122 Å². The molecule has 6 aromatic heterocycles. The van der Waals surface area contributed by atoms with E-state index in [4.69, 9.17) is 9.47 Å². The van der Waals surface area contributed by atoms with Crippen LogP contribution < -0.4 is 9.80 Å². The molecule has 4 aliphatic heterocycles. The van der Waals surface area contributed by atoms with E-state index in [1.54, 1.807) is 41.0 Å². The first-order valence-electron chi connectivity index (χ1n) is 28.5. The van der Waals surface area contributed by atoms with E-state index in [9.17, 15) is 29.7 Å². The molecule has 2 spiro atoms. The number of likely N-dealkylation sites (tertiary alicyclic amines) is 2. The summed E-state index contributed by atoms with van der Waals surface area (Å²) < 4.78 is 18.7. The molecule has 4 amide bonds. The summed E-state index contributed by atoms with van der Waals surface area (Å²) >= 11 is 0. The largest absolute Gasteiger partial charge is 0.444 e. The van der Waals surface area contributed by atoms with Gasteiger partial charge in [0.2, 0.25) is 11.8 Å². The van der Waals surface area contributed by atoms with Gasteiger partial charge in [-0.2, -0.15) is 30.9 Å². The van der Waals surface area contributed by atoms with Crippen molar-refractivity contribution in [1.82, 2.24) is 48.6 Å². The molecule has 8 fully saturated rings. The van der Waals surface area contributed by atoms with Gasteiger partial charge >= 0.3 is 12.2 Å². The lowest BCUT2D eigenvalue weighted by Gasteiger charge is -2.58. The van der Waals surface area contributed by atoms with Crippen molar-refractivity contribution in [3.05, 3.63) is 73.8 Å². The van der Waals surface area contributed by atoms with Crippen molar-refractivity contribution < 1.29 is 28.7 Å². The van der Waals surface area contributed by atoms with Crippen molar-refractivity contribution >= 4 is 46.4 Å². The summed E-state index contributed by atoms with van der Waals surface area (Å²) in [6.45, 7) is 19.4. The van der Waals surface area contributed by atoms with Gasteiger partial charge in [-0.3, -0.25) is 19.0 Å². The molecule has 8 aliphatic rings. The zero-order valence-electron chi connectivity index (χ0n) is 47.0. The number of fused-ring (bicyclic) bond motifs is 2. The van der Waals surface area contributed by atoms with Crippen LogP contribution in [0.25, 0.3) is 33.3 Å². The van der Waals surface area contributed by atoms with Gasteiger partial charge in [0.15, 0.2) is 0 Å². The van der Waals surface area contributed by atoms with Crippen LogP contribution >= 0.6 is 0 Å². The Bertz CT molecular complexity index is 3350. The lowest BCUT2D eigenvalue weighted by Crippen LogP contribution is -2.64. The molecule has 4 saturated carbocycles. The molecule has 0 radical (unpaired) electrons. The Hall–Kier alpha value is -7.74. The highest BCUT2D eigenvalue weighted by molar-refractivity contribution is 6.06. The smallest absolute Gasteiger partial charge is 0.410 e. The molecular formula is C60H70N14O6. The molecule has 0 unspecified atom stereocenters. The number of aromatic nitrogens is 8. The predicted molar refractivity (Wildman–Crippen MR) is 294 cm³/mol. The van der Waals surface area contributed by atoms with Crippen molar-refractivity contribution in [2.24, 2.45) is 45.3 Å². The minimum Gasteiger partial charge on any atom is -0.444 e. The summed E-state index contributed by atoms with van der Waals surface area (Å²) in [7, 11) is 0. The average Bonchev–Trinajstić information content (AvgIpc) is 4.07. The summed E-state index contributed by atoms with van der Waals surface area (Å²) in [4.78, 5) is 59.1. The Morgan fingerprint density at radius 2 is 0.950 bits per heavy atom. The highest BCUT2D eigenvalue weighted by atomic mass is 16.6. The second-order valence-electron chi connectivity index (χ2n) is 26.9. The van der Waals surface area contributed by atoms with Crippen LogP contribution in [0.1, 0.15) is 119 Å². The first kappa shape index (κ1) is 51.7. The van der Waals surface area contributed by atoms with Crippen LogP contribution in [0.5, 0.6) is 0 Å². The fourth-order valence-corrected chi connectivity index (χ4v) is 14.4. The van der Waals surface area contributed by atoms with Gasteiger partial charge in [0, 0.05) is 121 Å². The van der Waals surface area contributed by atoms with Gasteiger partial charge < -0.3 is 29.1 Å². The van der Waals surface area contributed by atoms with E-state index in [0.29, 0.717) is 25.2 Å². The Morgan fingerprint density at radius 1 is 0.575 bits per heavy atom. The molecule has 416 valence electrons. The molecular weight excluding hydrogens is 1010 g/mol. The first-order chi connectivity index (χ1) is 38.0. The monoisotopic (exact) mass is 1080 g/mol. The number of nitriles is 2. The molecule has 14 rings (SSSR count). The van der Waals surface area contributed by atoms with E-state index in [-0.39, 0.29) is 58.5 Å². The molecule has 4 atom stereocenters. The standard InChI is InChI=1S/2C30H35N7O3/c2*1-19-13-35(26(38)30(19,16-31)22-5-6-22)24-7-8-32-37-14-20(9-25(24)37)21-12-33-36(15-21)23-10-29(11-23)17-34(18-29)27(39)40-28(2,3)4/h2*7-9,12,14-15,19,22-23H,5-6,10-11,13,17-18H2,1-4H3/t2*19-,30+/m11/s1. The molecule has 0 aromatic carbocycles. The maximum atomic E-state index is 13.6. The maximum absolute atomic E-state index is 13.6. The third-order valence-electron chi connectivity index (χ3n) is 18.7. The van der Waals surface area contributed by atoms with Crippen molar-refractivity contribution in [3.63, 3.8) is 0 Å². The quantitative estimate of drug-likeness (QED) is 0.139. The molecule has 0 bridgehead atoms. The topological polar surface area (TPSA) is 218 Å². The molecule has 4 saturated heterocycles. The molecule has 4 aliphatic carbocycles. The van der Waals surface area contributed by atoms with E-state index in [1.165, 1.54) is 0 Å². The summed E-state index contributed by atoms with van der Waals surface area (Å²) in [5.74, 6) is 0.152. The third-order valence-corrected chi connectivity index (χ3v) is 18.7. The van der Waals surface area contributed by atoms with Gasteiger partial charge in [0.05, 0.1) is 59.0 Å². The summed E-state index contributed by atoms with van der Waals surface area (Å²) in [6, 6.07) is 13.3. The van der Waals surface area contributed by atoms with Crippen LogP contribution in [0.3, 0.4) is 0 Å². The lowest BCUT2D eigenvalue weighted by atomic mass is 9.61. The molecule has 20 nitrogen and oxygen atoms in total. The number of anilines is 2. The number of ether oxygens (including phenoxy) is 2. The molecule has 20 heteroatoms. The van der Waals surface area contributed by atoms with E-state index in [2.05, 4.69) is 57.1 Å². The summed E-state index contributed by atoms with van der Waals surface area (Å²) in [6.07, 6.45) is 22.6. The summed E-state index contributed by atoms with van der Waals surface area (Å²) in [5, 5.41) is 38.5. The van der Waals surface area contributed by atoms with Gasteiger partial charge in [0.25, 0.3) is 0 Å². The van der Waals surface area contributed by atoms with Gasteiger partial charge in [-0.25, -0.2) is 18.6 Å². The molecule has 10 heterocycles. The Labute approximate surface area is 465 Å². The van der Waals surface area contributed by atoms with E-state index < -0.39 is 22.0 Å². The Morgan fingerprint density at radius 3 is 1.29 bits per heavy atom.